The molecular weight excluding hydrogens is 322 g/mol. The first-order valence-corrected chi connectivity index (χ1v) is 8.22. The molecule has 0 saturated heterocycles. The number of anilines is 1. The molecule has 6 heteroatoms. The molecule has 0 fully saturated rings. The van der Waals surface area contributed by atoms with Crippen LogP contribution < -0.4 is 10.6 Å². The van der Waals surface area contributed by atoms with E-state index in [9.17, 15) is 0 Å². The Morgan fingerprint density at radius 1 is 1.29 bits per heavy atom. The van der Waals surface area contributed by atoms with Gasteiger partial charge in [0.2, 0.25) is 0 Å². The molecule has 1 heterocycles. The van der Waals surface area contributed by atoms with Crippen LogP contribution in [0.4, 0.5) is 5.69 Å². The molecule has 0 bridgehead atoms. The van der Waals surface area contributed by atoms with Gasteiger partial charge in [0.25, 0.3) is 0 Å². The third-order valence-corrected chi connectivity index (χ3v) is 4.11. The highest BCUT2D eigenvalue weighted by molar-refractivity contribution is 7.99. The number of halogens is 1. The Kier molecular flexibility index (Phi) is 6.29. The molecular formula is C15H16ClN3S2. The zero-order chi connectivity index (χ0) is 15.1. The largest absolute Gasteiger partial charge is 0.362 e. The minimum absolute atomic E-state index is 0.614. The van der Waals surface area contributed by atoms with Crippen LogP contribution in [0, 0.1) is 0 Å². The predicted molar refractivity (Wildman–Crippen MR) is 94.3 cm³/mol. The summed E-state index contributed by atoms with van der Waals surface area (Å²) in [6, 6.07) is 11.5. The van der Waals surface area contributed by atoms with Gasteiger partial charge in [-0.1, -0.05) is 30.3 Å². The fourth-order valence-corrected chi connectivity index (χ4v) is 2.76. The molecule has 2 rings (SSSR count). The van der Waals surface area contributed by atoms with Crippen LogP contribution in [0.5, 0.6) is 0 Å². The molecule has 0 amide bonds. The highest BCUT2D eigenvalue weighted by Crippen LogP contribution is 2.31. The van der Waals surface area contributed by atoms with E-state index in [0.29, 0.717) is 5.11 Å². The van der Waals surface area contributed by atoms with Crippen LogP contribution in [0.1, 0.15) is 13.3 Å². The Balaban J connectivity index is 2.09. The van der Waals surface area contributed by atoms with Gasteiger partial charge in [-0.25, -0.2) is 4.98 Å². The van der Waals surface area contributed by atoms with E-state index in [1.807, 2.05) is 36.4 Å². The average molecular weight is 338 g/mol. The van der Waals surface area contributed by atoms with Gasteiger partial charge in [-0.05, 0) is 55.0 Å². The summed E-state index contributed by atoms with van der Waals surface area (Å²) in [5.41, 5.74) is 0.894. The van der Waals surface area contributed by atoms with Crippen molar-refractivity contribution in [3.63, 3.8) is 0 Å². The van der Waals surface area contributed by atoms with E-state index in [2.05, 4.69) is 22.5 Å². The molecule has 0 spiro atoms. The van der Waals surface area contributed by atoms with Crippen LogP contribution in [0.15, 0.2) is 52.5 Å². The molecule has 0 atom stereocenters. The lowest BCUT2D eigenvalue weighted by atomic mass is 10.4. The van der Waals surface area contributed by atoms with Crippen molar-refractivity contribution in [2.24, 2.45) is 0 Å². The molecule has 0 aliphatic heterocycles. The van der Waals surface area contributed by atoms with Crippen molar-refractivity contribution in [2.75, 3.05) is 11.9 Å². The molecule has 2 aromatic rings. The minimum atomic E-state index is 0.614. The molecule has 1 aromatic carbocycles. The number of hydrogen-bond acceptors (Lipinski definition) is 3. The van der Waals surface area contributed by atoms with E-state index in [1.54, 1.807) is 18.0 Å². The molecule has 0 saturated carbocycles. The Morgan fingerprint density at radius 3 is 2.76 bits per heavy atom. The number of hydrogen-bond donors (Lipinski definition) is 2. The summed E-state index contributed by atoms with van der Waals surface area (Å²) in [4.78, 5) is 5.49. The van der Waals surface area contributed by atoms with E-state index in [0.717, 1.165) is 33.6 Å². The average Bonchev–Trinajstić information content (AvgIpc) is 2.49. The standard InChI is InChI=1S/C15H16ClN3S2/c1-2-9-18-15(20)19-13-4-3-10-17-14(13)21-12-7-5-11(16)6-8-12/h3-8,10H,2,9H2,1H3,(H2,18,19,20). The molecule has 3 nitrogen and oxygen atoms in total. The first-order valence-electron chi connectivity index (χ1n) is 6.62. The summed E-state index contributed by atoms with van der Waals surface area (Å²) in [6.07, 6.45) is 2.80. The first-order chi connectivity index (χ1) is 10.2. The van der Waals surface area contributed by atoms with Crippen LogP contribution in [0.3, 0.4) is 0 Å². The van der Waals surface area contributed by atoms with Gasteiger partial charge >= 0.3 is 0 Å². The molecule has 0 radical (unpaired) electrons. The predicted octanol–water partition coefficient (Wildman–Crippen LogP) is 4.58. The van der Waals surface area contributed by atoms with Gasteiger partial charge in [0.1, 0.15) is 5.03 Å². The zero-order valence-electron chi connectivity index (χ0n) is 11.6. The first kappa shape index (κ1) is 16.1. The number of nitrogens with zero attached hydrogens (tertiary/aromatic N) is 1. The lowest BCUT2D eigenvalue weighted by Gasteiger charge is -2.12. The van der Waals surface area contributed by atoms with E-state index >= 15 is 0 Å². The normalized spacial score (nSPS) is 10.2. The number of rotatable bonds is 5. The lowest BCUT2D eigenvalue weighted by Crippen LogP contribution is -2.29. The maximum atomic E-state index is 5.90. The van der Waals surface area contributed by atoms with E-state index < -0.39 is 0 Å². The number of thiocarbonyl (C=S) groups is 1. The van der Waals surface area contributed by atoms with E-state index in [4.69, 9.17) is 23.8 Å². The SMILES string of the molecule is CCCNC(=S)Nc1cccnc1Sc1ccc(Cl)cc1. The summed E-state index contributed by atoms with van der Waals surface area (Å²) >= 11 is 12.7. The minimum Gasteiger partial charge on any atom is -0.362 e. The highest BCUT2D eigenvalue weighted by atomic mass is 35.5. The van der Waals surface area contributed by atoms with Crippen molar-refractivity contribution in [1.82, 2.24) is 10.3 Å². The van der Waals surface area contributed by atoms with Gasteiger partial charge in [0.05, 0.1) is 5.69 Å². The van der Waals surface area contributed by atoms with Gasteiger partial charge < -0.3 is 10.6 Å². The van der Waals surface area contributed by atoms with Crippen LogP contribution in [-0.4, -0.2) is 16.6 Å². The van der Waals surface area contributed by atoms with Gasteiger partial charge in [0.15, 0.2) is 5.11 Å². The number of nitrogens with one attached hydrogen (secondary N) is 2. The molecule has 2 N–H and O–H groups in total. The van der Waals surface area contributed by atoms with Gasteiger partial charge in [-0.3, -0.25) is 0 Å². The summed E-state index contributed by atoms with van der Waals surface area (Å²) < 4.78 is 0. The molecule has 110 valence electrons. The maximum Gasteiger partial charge on any atom is 0.170 e. The van der Waals surface area contributed by atoms with Gasteiger partial charge in [0, 0.05) is 22.7 Å². The number of pyridine rings is 1. The fourth-order valence-electron chi connectivity index (χ4n) is 1.59. The summed E-state index contributed by atoms with van der Waals surface area (Å²) in [5.74, 6) is 0. The molecule has 1 aromatic heterocycles. The van der Waals surface area contributed by atoms with Crippen LogP contribution in [0.2, 0.25) is 5.02 Å². The second-order valence-corrected chi connectivity index (χ2v) is 6.20. The number of benzene rings is 1. The topological polar surface area (TPSA) is 37.0 Å². The molecule has 0 aliphatic rings. The van der Waals surface area contributed by atoms with Gasteiger partial charge in [-0.15, -0.1) is 0 Å². The van der Waals surface area contributed by atoms with Crippen molar-refractivity contribution in [3.05, 3.63) is 47.6 Å². The molecule has 0 unspecified atom stereocenters. The third kappa shape index (κ3) is 5.19. The summed E-state index contributed by atoms with van der Waals surface area (Å²) in [6.45, 7) is 2.95. The van der Waals surface area contributed by atoms with Crippen molar-refractivity contribution in [2.45, 2.75) is 23.3 Å². The Labute approximate surface area is 139 Å². The number of aromatic nitrogens is 1. The molecule has 0 aliphatic carbocycles. The monoisotopic (exact) mass is 337 g/mol. The Hall–Kier alpha value is -1.30. The third-order valence-electron chi connectivity index (χ3n) is 2.58. The van der Waals surface area contributed by atoms with Crippen molar-refractivity contribution in [1.29, 1.82) is 0 Å². The highest BCUT2D eigenvalue weighted by Gasteiger charge is 2.07. The van der Waals surface area contributed by atoms with Crippen molar-refractivity contribution < 1.29 is 0 Å². The Morgan fingerprint density at radius 2 is 2.05 bits per heavy atom. The summed E-state index contributed by atoms with van der Waals surface area (Å²) in [7, 11) is 0. The van der Waals surface area contributed by atoms with Gasteiger partial charge in [-0.2, -0.15) is 0 Å². The lowest BCUT2D eigenvalue weighted by molar-refractivity contribution is 0.846. The quantitative estimate of drug-likeness (QED) is 0.781. The van der Waals surface area contributed by atoms with E-state index in [1.165, 1.54) is 0 Å². The van der Waals surface area contributed by atoms with Crippen molar-refractivity contribution in [3.8, 4) is 0 Å². The Bertz CT molecular complexity index is 602. The summed E-state index contributed by atoms with van der Waals surface area (Å²) in [5, 5.41) is 8.55. The second kappa shape index (κ2) is 8.22. The van der Waals surface area contributed by atoms with Crippen molar-refractivity contribution >= 4 is 46.4 Å². The van der Waals surface area contributed by atoms with Crippen LogP contribution >= 0.6 is 35.6 Å². The zero-order valence-corrected chi connectivity index (χ0v) is 14.0. The molecule has 21 heavy (non-hydrogen) atoms. The van der Waals surface area contributed by atoms with Crippen LogP contribution in [0.25, 0.3) is 0 Å². The van der Waals surface area contributed by atoms with E-state index in [-0.39, 0.29) is 0 Å². The maximum absolute atomic E-state index is 5.90. The van der Waals surface area contributed by atoms with Crippen LogP contribution in [-0.2, 0) is 0 Å². The smallest absolute Gasteiger partial charge is 0.170 e. The second-order valence-electron chi connectivity index (χ2n) is 4.29. The fraction of sp³-hybridized carbons (Fsp3) is 0.200.